The number of hydrazone groups is 1. The summed E-state index contributed by atoms with van der Waals surface area (Å²) < 4.78 is 0. The second kappa shape index (κ2) is 11.7. The van der Waals surface area contributed by atoms with E-state index in [2.05, 4.69) is 27.7 Å². The summed E-state index contributed by atoms with van der Waals surface area (Å²) in [6.45, 7) is 9.81. The van der Waals surface area contributed by atoms with Crippen molar-refractivity contribution in [3.63, 3.8) is 0 Å². The number of unbranched alkanes of at least 4 members (excludes halogenated alkanes) is 1. The van der Waals surface area contributed by atoms with E-state index in [0.717, 1.165) is 48.4 Å². The van der Waals surface area contributed by atoms with Gasteiger partial charge in [0.05, 0.1) is 17.7 Å². The third kappa shape index (κ3) is 7.09. The first-order chi connectivity index (χ1) is 14.8. The van der Waals surface area contributed by atoms with Crippen molar-refractivity contribution in [2.24, 2.45) is 5.10 Å². The first-order valence-corrected chi connectivity index (χ1v) is 10.5. The number of hydrogen-bond donors (Lipinski definition) is 2. The summed E-state index contributed by atoms with van der Waals surface area (Å²) in [7, 11) is 0. The van der Waals surface area contributed by atoms with E-state index in [4.69, 9.17) is 0 Å². The zero-order valence-corrected chi connectivity index (χ0v) is 18.6. The number of aryl methyl sites for hydroxylation is 2. The second-order valence-electron chi connectivity index (χ2n) is 7.40. The van der Waals surface area contributed by atoms with Gasteiger partial charge >= 0.3 is 0 Å². The van der Waals surface area contributed by atoms with E-state index in [0.29, 0.717) is 5.56 Å². The predicted octanol–water partition coefficient (Wildman–Crippen LogP) is 4.40. The van der Waals surface area contributed by atoms with Gasteiger partial charge in [-0.1, -0.05) is 25.5 Å². The quantitative estimate of drug-likeness (QED) is 0.316. The molecule has 8 nitrogen and oxygen atoms in total. The van der Waals surface area contributed by atoms with Crippen molar-refractivity contribution in [2.75, 3.05) is 29.9 Å². The van der Waals surface area contributed by atoms with Gasteiger partial charge in [-0.25, -0.2) is 5.43 Å². The van der Waals surface area contributed by atoms with Crippen LogP contribution in [0.25, 0.3) is 0 Å². The lowest BCUT2D eigenvalue weighted by molar-refractivity contribution is -0.384. The molecule has 0 atom stereocenters. The Morgan fingerprint density at radius 3 is 2.65 bits per heavy atom. The number of nitro groups is 1. The highest BCUT2D eigenvalue weighted by Gasteiger charge is 2.14. The lowest BCUT2D eigenvalue weighted by atomic mass is 10.1. The van der Waals surface area contributed by atoms with Gasteiger partial charge in [-0.05, 0) is 50.5 Å². The average Bonchev–Trinajstić information content (AvgIpc) is 2.75. The zero-order valence-electron chi connectivity index (χ0n) is 18.6. The number of anilines is 2. The van der Waals surface area contributed by atoms with E-state index < -0.39 is 4.92 Å². The monoisotopic (exact) mass is 425 g/mol. The molecule has 2 aromatic carbocycles. The largest absolute Gasteiger partial charge is 0.376 e. The Morgan fingerprint density at radius 2 is 1.97 bits per heavy atom. The number of benzene rings is 2. The molecule has 0 aromatic heterocycles. The minimum atomic E-state index is -0.434. The number of carbonyl (C=O) groups excluding carboxylic acids is 1. The number of carbonyl (C=O) groups is 1. The van der Waals surface area contributed by atoms with Crippen molar-refractivity contribution in [3.8, 4) is 0 Å². The van der Waals surface area contributed by atoms with Crippen LogP contribution in [0, 0.1) is 24.0 Å². The Hall–Kier alpha value is -3.42. The highest BCUT2D eigenvalue weighted by Crippen LogP contribution is 2.24. The normalized spacial score (nSPS) is 10.8. The predicted molar refractivity (Wildman–Crippen MR) is 126 cm³/mol. The third-order valence-corrected chi connectivity index (χ3v) is 4.95. The van der Waals surface area contributed by atoms with Gasteiger partial charge in [-0.15, -0.1) is 0 Å². The Kier molecular flexibility index (Phi) is 8.99. The van der Waals surface area contributed by atoms with Crippen LogP contribution in [0.4, 0.5) is 17.1 Å². The molecular weight excluding hydrogens is 394 g/mol. The zero-order chi connectivity index (χ0) is 22.8. The first kappa shape index (κ1) is 23.9. The Morgan fingerprint density at radius 1 is 1.19 bits per heavy atom. The molecule has 0 bridgehead atoms. The van der Waals surface area contributed by atoms with E-state index in [1.807, 2.05) is 39.0 Å². The average molecular weight is 426 g/mol. The van der Waals surface area contributed by atoms with Crippen molar-refractivity contribution in [3.05, 3.63) is 63.2 Å². The van der Waals surface area contributed by atoms with E-state index >= 15 is 0 Å². The lowest BCUT2D eigenvalue weighted by Crippen LogP contribution is -2.27. The molecule has 2 aromatic rings. The SMILES string of the molecule is CCCCN(CC)c1ccc([N+](=O)[O-])cc1/C=N\NC(=O)CNc1cc(C)ccc1C. The maximum absolute atomic E-state index is 12.2. The van der Waals surface area contributed by atoms with Crippen molar-refractivity contribution >= 4 is 29.2 Å². The fourth-order valence-corrected chi connectivity index (χ4v) is 3.16. The maximum Gasteiger partial charge on any atom is 0.270 e. The summed E-state index contributed by atoms with van der Waals surface area (Å²) in [5, 5.41) is 18.3. The molecule has 2 N–H and O–H groups in total. The van der Waals surface area contributed by atoms with Crippen molar-refractivity contribution in [1.29, 1.82) is 0 Å². The third-order valence-electron chi connectivity index (χ3n) is 4.95. The molecule has 0 unspecified atom stereocenters. The van der Waals surface area contributed by atoms with Crippen LogP contribution in [0.3, 0.4) is 0 Å². The maximum atomic E-state index is 12.2. The molecular formula is C23H31N5O3. The van der Waals surface area contributed by atoms with E-state index in [9.17, 15) is 14.9 Å². The standard InChI is InChI=1S/C23H31N5O3/c1-5-7-12-27(6-2)22-11-10-20(28(30)31)14-19(22)15-25-26-23(29)16-24-21-13-17(3)8-9-18(21)4/h8-11,13-15,24H,5-7,12,16H2,1-4H3,(H,26,29)/b25-15-. The Bertz CT molecular complexity index is 943. The number of nitrogens with zero attached hydrogens (tertiary/aromatic N) is 3. The molecule has 0 aliphatic heterocycles. The summed E-state index contributed by atoms with van der Waals surface area (Å²) in [6.07, 6.45) is 3.53. The summed E-state index contributed by atoms with van der Waals surface area (Å²) in [5.41, 5.74) is 6.98. The molecule has 2 rings (SSSR count). The number of nitro benzene ring substituents is 1. The molecule has 1 amide bonds. The number of nitrogens with one attached hydrogen (secondary N) is 2. The van der Waals surface area contributed by atoms with Crippen LogP contribution in [0.1, 0.15) is 43.4 Å². The van der Waals surface area contributed by atoms with Crippen LogP contribution >= 0.6 is 0 Å². The number of rotatable bonds is 11. The minimum Gasteiger partial charge on any atom is -0.376 e. The summed E-state index contributed by atoms with van der Waals surface area (Å²) in [4.78, 5) is 25.1. The smallest absolute Gasteiger partial charge is 0.270 e. The molecule has 166 valence electrons. The fraction of sp³-hybridized carbons (Fsp3) is 0.391. The van der Waals surface area contributed by atoms with Crippen LogP contribution < -0.4 is 15.6 Å². The number of non-ortho nitro benzene ring substituents is 1. The van der Waals surface area contributed by atoms with Gasteiger partial charge in [-0.2, -0.15) is 5.10 Å². The molecule has 8 heteroatoms. The Balaban J connectivity index is 2.10. The molecule has 0 spiro atoms. The van der Waals surface area contributed by atoms with Gasteiger partial charge in [0.15, 0.2) is 0 Å². The molecule has 0 aliphatic rings. The highest BCUT2D eigenvalue weighted by molar-refractivity contribution is 5.90. The van der Waals surface area contributed by atoms with E-state index in [-0.39, 0.29) is 18.1 Å². The summed E-state index contributed by atoms with van der Waals surface area (Å²) in [5.74, 6) is -0.303. The first-order valence-electron chi connectivity index (χ1n) is 10.5. The van der Waals surface area contributed by atoms with Crippen LogP contribution in [0.15, 0.2) is 41.5 Å². The molecule has 0 fully saturated rings. The van der Waals surface area contributed by atoms with Crippen LogP contribution in [-0.4, -0.2) is 36.7 Å². The van der Waals surface area contributed by atoms with Crippen LogP contribution in [-0.2, 0) is 4.79 Å². The topological polar surface area (TPSA) is 99.9 Å². The summed E-state index contributed by atoms with van der Waals surface area (Å²) >= 11 is 0. The summed E-state index contributed by atoms with van der Waals surface area (Å²) in [6, 6.07) is 10.7. The van der Waals surface area contributed by atoms with E-state index in [1.165, 1.54) is 18.3 Å². The molecule has 0 aliphatic carbocycles. The van der Waals surface area contributed by atoms with Crippen LogP contribution in [0.2, 0.25) is 0 Å². The fourth-order valence-electron chi connectivity index (χ4n) is 3.16. The van der Waals surface area contributed by atoms with Crippen LogP contribution in [0.5, 0.6) is 0 Å². The van der Waals surface area contributed by atoms with Gasteiger partial charge in [0.2, 0.25) is 0 Å². The molecule has 0 radical (unpaired) electrons. The second-order valence-corrected chi connectivity index (χ2v) is 7.40. The van der Waals surface area contributed by atoms with Crippen molar-refractivity contribution in [2.45, 2.75) is 40.5 Å². The van der Waals surface area contributed by atoms with E-state index in [1.54, 1.807) is 6.07 Å². The number of amides is 1. The highest BCUT2D eigenvalue weighted by atomic mass is 16.6. The molecule has 31 heavy (non-hydrogen) atoms. The van der Waals surface area contributed by atoms with Gasteiger partial charge in [0, 0.05) is 42.2 Å². The number of hydrogen-bond acceptors (Lipinski definition) is 6. The molecule has 0 saturated carbocycles. The van der Waals surface area contributed by atoms with Gasteiger partial charge < -0.3 is 10.2 Å². The minimum absolute atomic E-state index is 0.0142. The van der Waals surface area contributed by atoms with Gasteiger partial charge in [0.25, 0.3) is 11.6 Å². The van der Waals surface area contributed by atoms with Gasteiger partial charge in [0.1, 0.15) is 0 Å². The van der Waals surface area contributed by atoms with Crippen molar-refractivity contribution in [1.82, 2.24) is 5.43 Å². The Labute approximate surface area is 183 Å². The molecule has 0 saturated heterocycles. The molecule has 0 heterocycles. The van der Waals surface area contributed by atoms with Crippen molar-refractivity contribution < 1.29 is 9.72 Å². The lowest BCUT2D eigenvalue weighted by Gasteiger charge is -2.24. The van der Waals surface area contributed by atoms with Gasteiger partial charge in [-0.3, -0.25) is 14.9 Å².